The first-order valence-corrected chi connectivity index (χ1v) is 10.6. The first-order valence-electron chi connectivity index (χ1n) is 9.15. The molecule has 0 bridgehead atoms. The summed E-state index contributed by atoms with van der Waals surface area (Å²) in [7, 11) is -3.59. The van der Waals surface area contributed by atoms with E-state index >= 15 is 0 Å². The van der Waals surface area contributed by atoms with Crippen molar-refractivity contribution in [3.63, 3.8) is 0 Å². The number of sulfonamides is 1. The molecule has 1 amide bonds. The lowest BCUT2D eigenvalue weighted by molar-refractivity contribution is -0.114. The molecule has 0 aliphatic carbocycles. The summed E-state index contributed by atoms with van der Waals surface area (Å²) in [6.07, 6.45) is 0. The van der Waals surface area contributed by atoms with Crippen molar-refractivity contribution in [3.05, 3.63) is 53.6 Å². The molecule has 7 nitrogen and oxygen atoms in total. The van der Waals surface area contributed by atoms with Crippen molar-refractivity contribution in [2.24, 2.45) is 0 Å². The number of anilines is 2. The molecule has 28 heavy (non-hydrogen) atoms. The van der Waals surface area contributed by atoms with E-state index in [1.165, 1.54) is 4.31 Å². The minimum Gasteiger partial charge on any atom is -0.379 e. The van der Waals surface area contributed by atoms with Gasteiger partial charge in [-0.15, -0.1) is 0 Å². The van der Waals surface area contributed by atoms with Gasteiger partial charge in [0.05, 0.1) is 24.7 Å². The van der Waals surface area contributed by atoms with Gasteiger partial charge in [0.15, 0.2) is 0 Å². The lowest BCUT2D eigenvalue weighted by Crippen LogP contribution is -2.40. The third-order valence-corrected chi connectivity index (χ3v) is 6.61. The summed E-state index contributed by atoms with van der Waals surface area (Å²) in [5, 5.41) is 5.80. The van der Waals surface area contributed by atoms with Gasteiger partial charge in [-0.3, -0.25) is 4.79 Å². The molecule has 0 aromatic heterocycles. The summed E-state index contributed by atoms with van der Waals surface area (Å²) < 4.78 is 32.5. The molecule has 1 fully saturated rings. The number of nitrogens with one attached hydrogen (secondary N) is 2. The van der Waals surface area contributed by atoms with E-state index in [9.17, 15) is 13.2 Å². The summed E-state index contributed by atoms with van der Waals surface area (Å²) >= 11 is 0. The normalized spacial score (nSPS) is 15.2. The van der Waals surface area contributed by atoms with Crippen LogP contribution >= 0.6 is 0 Å². The zero-order valence-corrected chi connectivity index (χ0v) is 16.9. The fourth-order valence-corrected chi connectivity index (χ4v) is 4.60. The van der Waals surface area contributed by atoms with E-state index in [-0.39, 0.29) is 17.3 Å². The highest BCUT2D eigenvalue weighted by Crippen LogP contribution is 2.24. The molecule has 0 spiro atoms. The van der Waals surface area contributed by atoms with Crippen LogP contribution in [0, 0.1) is 13.8 Å². The molecule has 0 atom stereocenters. The summed E-state index contributed by atoms with van der Waals surface area (Å²) in [6, 6.07) is 12.6. The van der Waals surface area contributed by atoms with Crippen LogP contribution in [-0.4, -0.2) is 51.5 Å². The first-order chi connectivity index (χ1) is 13.4. The molecule has 0 saturated carbocycles. The summed E-state index contributed by atoms with van der Waals surface area (Å²) in [4.78, 5) is 12.4. The predicted octanol–water partition coefficient (Wildman–Crippen LogP) is 2.37. The Bertz CT molecular complexity index is 936. The van der Waals surface area contributed by atoms with Crippen LogP contribution in [-0.2, 0) is 19.6 Å². The van der Waals surface area contributed by atoms with Crippen molar-refractivity contribution in [1.82, 2.24) is 4.31 Å². The summed E-state index contributed by atoms with van der Waals surface area (Å²) in [5.41, 5.74) is 3.08. The number of rotatable bonds is 6. The van der Waals surface area contributed by atoms with Gasteiger partial charge >= 0.3 is 0 Å². The number of nitrogens with zero attached hydrogens (tertiary/aromatic N) is 1. The number of carbonyl (C=O) groups excluding carboxylic acids is 1. The highest BCUT2D eigenvalue weighted by Gasteiger charge is 2.27. The summed E-state index contributed by atoms with van der Waals surface area (Å²) in [5.74, 6) is -0.206. The van der Waals surface area contributed by atoms with Gasteiger partial charge in [-0.25, -0.2) is 8.42 Å². The number of amides is 1. The molecule has 1 aliphatic heterocycles. The molecule has 3 rings (SSSR count). The van der Waals surface area contributed by atoms with Gasteiger partial charge < -0.3 is 15.4 Å². The molecule has 8 heteroatoms. The van der Waals surface area contributed by atoms with Crippen LogP contribution in [0.15, 0.2) is 47.4 Å². The maximum atomic E-state index is 12.9. The Morgan fingerprint density at radius 1 is 1.04 bits per heavy atom. The van der Waals surface area contributed by atoms with Gasteiger partial charge in [0.1, 0.15) is 0 Å². The molecular weight excluding hydrogens is 378 g/mol. The fraction of sp³-hybridized carbons (Fsp3) is 0.350. The number of morpholine rings is 1. The van der Waals surface area contributed by atoms with E-state index < -0.39 is 10.0 Å². The van der Waals surface area contributed by atoms with Gasteiger partial charge in [0, 0.05) is 24.5 Å². The Morgan fingerprint density at radius 3 is 2.36 bits per heavy atom. The first kappa shape index (κ1) is 20.3. The molecule has 150 valence electrons. The molecule has 2 aromatic carbocycles. The smallest absolute Gasteiger partial charge is 0.243 e. The fourth-order valence-electron chi connectivity index (χ4n) is 2.94. The average molecular weight is 404 g/mol. The van der Waals surface area contributed by atoms with Crippen LogP contribution < -0.4 is 10.6 Å². The van der Waals surface area contributed by atoms with E-state index in [1.807, 2.05) is 31.2 Å². The molecule has 2 N–H and O–H groups in total. The minimum atomic E-state index is -3.59. The van der Waals surface area contributed by atoms with Crippen molar-refractivity contribution in [2.45, 2.75) is 18.7 Å². The van der Waals surface area contributed by atoms with Crippen molar-refractivity contribution in [2.75, 3.05) is 43.5 Å². The number of aryl methyl sites for hydroxylation is 2. The van der Waals surface area contributed by atoms with Crippen LogP contribution in [0.25, 0.3) is 0 Å². The molecule has 1 heterocycles. The van der Waals surface area contributed by atoms with Crippen LogP contribution in [0.2, 0.25) is 0 Å². The van der Waals surface area contributed by atoms with E-state index in [2.05, 4.69) is 10.6 Å². The standard InChI is InChI=1S/C20H25N3O4S/c1-15-3-6-17(7-4-15)22-20(24)14-21-18-8-5-16(2)19(13-18)28(25,26)23-9-11-27-12-10-23/h3-8,13,21H,9-12,14H2,1-2H3,(H,22,24). The van der Waals surface area contributed by atoms with Crippen LogP contribution in [0.4, 0.5) is 11.4 Å². The number of ether oxygens (including phenoxy) is 1. The van der Waals surface area contributed by atoms with Crippen molar-refractivity contribution < 1.29 is 17.9 Å². The van der Waals surface area contributed by atoms with Crippen LogP contribution in [0.5, 0.6) is 0 Å². The Balaban J connectivity index is 1.67. The highest BCUT2D eigenvalue weighted by atomic mass is 32.2. The third kappa shape index (κ3) is 4.89. The molecule has 0 unspecified atom stereocenters. The zero-order chi connectivity index (χ0) is 20.1. The third-order valence-electron chi connectivity index (χ3n) is 4.56. The SMILES string of the molecule is Cc1ccc(NC(=O)CNc2ccc(C)c(S(=O)(=O)N3CCOCC3)c2)cc1. The van der Waals surface area contributed by atoms with Gasteiger partial charge in [-0.1, -0.05) is 23.8 Å². The van der Waals surface area contributed by atoms with E-state index in [4.69, 9.17) is 4.74 Å². The number of hydrogen-bond acceptors (Lipinski definition) is 5. The van der Waals surface area contributed by atoms with Crippen molar-refractivity contribution >= 4 is 27.3 Å². The van der Waals surface area contributed by atoms with Gasteiger partial charge in [-0.05, 0) is 43.7 Å². The molecule has 2 aromatic rings. The van der Waals surface area contributed by atoms with E-state index in [1.54, 1.807) is 25.1 Å². The molecular formula is C20H25N3O4S. The monoisotopic (exact) mass is 403 g/mol. The Labute approximate surface area is 165 Å². The molecule has 0 radical (unpaired) electrons. The largest absolute Gasteiger partial charge is 0.379 e. The Kier molecular flexibility index (Phi) is 6.33. The molecule has 1 saturated heterocycles. The number of hydrogen-bond donors (Lipinski definition) is 2. The Hall–Kier alpha value is -2.42. The van der Waals surface area contributed by atoms with Crippen LogP contribution in [0.3, 0.4) is 0 Å². The average Bonchev–Trinajstić information content (AvgIpc) is 2.69. The van der Waals surface area contributed by atoms with E-state index in [0.717, 1.165) is 11.3 Å². The Morgan fingerprint density at radius 2 is 1.68 bits per heavy atom. The zero-order valence-electron chi connectivity index (χ0n) is 16.1. The second kappa shape index (κ2) is 8.72. The summed E-state index contributed by atoms with van der Waals surface area (Å²) in [6.45, 7) is 5.27. The second-order valence-electron chi connectivity index (χ2n) is 6.76. The van der Waals surface area contributed by atoms with Gasteiger partial charge in [0.2, 0.25) is 15.9 Å². The highest BCUT2D eigenvalue weighted by molar-refractivity contribution is 7.89. The maximum Gasteiger partial charge on any atom is 0.243 e. The number of benzene rings is 2. The predicted molar refractivity (Wildman–Crippen MR) is 109 cm³/mol. The molecule has 1 aliphatic rings. The number of carbonyl (C=O) groups is 1. The second-order valence-corrected chi connectivity index (χ2v) is 8.67. The maximum absolute atomic E-state index is 12.9. The quantitative estimate of drug-likeness (QED) is 0.773. The topological polar surface area (TPSA) is 87.7 Å². The van der Waals surface area contributed by atoms with E-state index in [0.29, 0.717) is 37.6 Å². The minimum absolute atomic E-state index is 0.0357. The van der Waals surface area contributed by atoms with Crippen LogP contribution in [0.1, 0.15) is 11.1 Å². The van der Waals surface area contributed by atoms with Crippen molar-refractivity contribution in [1.29, 1.82) is 0 Å². The lowest BCUT2D eigenvalue weighted by Gasteiger charge is -2.27. The van der Waals surface area contributed by atoms with Gasteiger partial charge in [-0.2, -0.15) is 4.31 Å². The van der Waals surface area contributed by atoms with Gasteiger partial charge in [0.25, 0.3) is 0 Å². The van der Waals surface area contributed by atoms with Crippen molar-refractivity contribution in [3.8, 4) is 0 Å². The lowest BCUT2D eigenvalue weighted by atomic mass is 10.2.